The third-order valence-corrected chi connectivity index (χ3v) is 6.29. The van der Waals surface area contributed by atoms with Crippen molar-refractivity contribution >= 4 is 35.4 Å². The molecule has 8 nitrogen and oxygen atoms in total. The van der Waals surface area contributed by atoms with Gasteiger partial charge in [0.2, 0.25) is 12.7 Å². The average molecular weight is 535 g/mol. The van der Waals surface area contributed by atoms with Crippen LogP contribution in [0.3, 0.4) is 0 Å². The van der Waals surface area contributed by atoms with Gasteiger partial charge in [-0.1, -0.05) is 18.2 Å². The molecule has 1 aromatic heterocycles. The van der Waals surface area contributed by atoms with Crippen LogP contribution in [0.2, 0.25) is 0 Å². The number of nitrogens with zero attached hydrogens (tertiary/aromatic N) is 1. The standard InChI is InChI=1S/C25H21F3N2O6S/c1-2-34-23(32)11-22-30(13-21(31)29-12-16-5-8-18-19(9-16)36-14-35-18)24(33)20(37-22)10-15-3-6-17(7-4-15)25(26,27)28/h3-11H,2,12-14H2,1H3,(H,29,31)/b20-10-,22-11?. The highest BCUT2D eigenvalue weighted by atomic mass is 32.1. The van der Waals surface area contributed by atoms with Crippen LogP contribution in [0.4, 0.5) is 13.2 Å². The van der Waals surface area contributed by atoms with Gasteiger partial charge in [-0.3, -0.25) is 14.2 Å². The Bertz CT molecular complexity index is 1490. The first kappa shape index (κ1) is 26.0. The molecular weight excluding hydrogens is 513 g/mol. The van der Waals surface area contributed by atoms with E-state index in [2.05, 4.69) is 5.32 Å². The minimum Gasteiger partial charge on any atom is -0.463 e. The molecule has 0 atom stereocenters. The number of rotatable bonds is 7. The average Bonchev–Trinajstić information content (AvgIpc) is 3.42. The van der Waals surface area contributed by atoms with E-state index in [4.69, 9.17) is 14.2 Å². The largest absolute Gasteiger partial charge is 0.463 e. The molecule has 3 aromatic rings. The van der Waals surface area contributed by atoms with Crippen LogP contribution in [-0.4, -0.2) is 29.8 Å². The molecule has 12 heteroatoms. The summed E-state index contributed by atoms with van der Waals surface area (Å²) in [5.74, 6) is -0.0112. The van der Waals surface area contributed by atoms with Crippen molar-refractivity contribution in [1.29, 1.82) is 0 Å². The number of carbonyl (C=O) groups is 2. The molecule has 2 heterocycles. The van der Waals surface area contributed by atoms with Gasteiger partial charge >= 0.3 is 12.1 Å². The van der Waals surface area contributed by atoms with Gasteiger partial charge in [0.05, 0.1) is 22.8 Å². The van der Waals surface area contributed by atoms with Gasteiger partial charge in [-0.15, -0.1) is 11.3 Å². The molecule has 0 saturated carbocycles. The number of benzene rings is 2. The Morgan fingerprint density at radius 2 is 1.86 bits per heavy atom. The fraction of sp³-hybridized carbons (Fsp3) is 0.240. The molecule has 2 aromatic carbocycles. The fourth-order valence-corrected chi connectivity index (χ4v) is 4.48. The maximum Gasteiger partial charge on any atom is 0.416 e. The lowest BCUT2D eigenvalue weighted by Gasteiger charge is -2.07. The number of aromatic nitrogens is 1. The summed E-state index contributed by atoms with van der Waals surface area (Å²) in [6, 6.07) is 9.51. The number of alkyl halides is 3. The molecule has 0 bridgehead atoms. The summed E-state index contributed by atoms with van der Waals surface area (Å²) in [5, 5.41) is 2.71. The first-order valence-corrected chi connectivity index (χ1v) is 11.9. The highest BCUT2D eigenvalue weighted by Gasteiger charge is 2.29. The highest BCUT2D eigenvalue weighted by molar-refractivity contribution is 7.07. The number of carbonyl (C=O) groups excluding carboxylic acids is 2. The van der Waals surface area contributed by atoms with Crippen molar-refractivity contribution in [1.82, 2.24) is 9.88 Å². The van der Waals surface area contributed by atoms with Gasteiger partial charge < -0.3 is 19.5 Å². The summed E-state index contributed by atoms with van der Waals surface area (Å²) in [6.07, 6.45) is -1.98. The lowest BCUT2D eigenvalue weighted by Crippen LogP contribution is -2.38. The van der Waals surface area contributed by atoms with E-state index in [1.807, 2.05) is 0 Å². The molecule has 0 spiro atoms. The molecule has 194 valence electrons. The number of ether oxygens (including phenoxy) is 3. The van der Waals surface area contributed by atoms with E-state index in [-0.39, 0.29) is 35.7 Å². The molecule has 1 aliphatic heterocycles. The third-order valence-electron chi connectivity index (χ3n) is 5.23. The summed E-state index contributed by atoms with van der Waals surface area (Å²) >= 11 is 0.921. The molecule has 37 heavy (non-hydrogen) atoms. The molecule has 0 saturated heterocycles. The van der Waals surface area contributed by atoms with Crippen LogP contribution in [0.25, 0.3) is 12.2 Å². The van der Waals surface area contributed by atoms with Crippen LogP contribution in [0.5, 0.6) is 11.5 Å². The Balaban J connectivity index is 1.59. The Hall–Kier alpha value is -4.06. The van der Waals surface area contributed by atoms with Crippen molar-refractivity contribution in [3.63, 3.8) is 0 Å². The maximum atomic E-state index is 13.1. The first-order valence-electron chi connectivity index (χ1n) is 11.1. The SMILES string of the molecule is CCOC(=O)C=c1s/c(=C\c2ccc(C(F)(F)F)cc2)c(=O)n1CC(=O)NCc1ccc2c(c1)OCO2. The molecular formula is C25H21F3N2O6S. The Morgan fingerprint density at radius 1 is 1.14 bits per heavy atom. The normalized spacial score (nSPS) is 13.6. The molecule has 0 aliphatic carbocycles. The van der Waals surface area contributed by atoms with Gasteiger partial charge in [-0.05, 0) is 48.4 Å². The number of fused-ring (bicyclic) bond motifs is 1. The Labute approximate surface area is 212 Å². The van der Waals surface area contributed by atoms with Gasteiger partial charge in [-0.2, -0.15) is 13.2 Å². The topological polar surface area (TPSA) is 95.9 Å². The van der Waals surface area contributed by atoms with Crippen LogP contribution in [0.15, 0.2) is 47.3 Å². The zero-order valence-corrected chi connectivity index (χ0v) is 20.3. The molecule has 1 N–H and O–H groups in total. The van der Waals surface area contributed by atoms with Crippen LogP contribution in [0.1, 0.15) is 23.6 Å². The molecule has 4 rings (SSSR count). The van der Waals surface area contributed by atoms with Gasteiger partial charge in [0, 0.05) is 6.54 Å². The van der Waals surface area contributed by atoms with E-state index >= 15 is 0 Å². The second-order valence-corrected chi connectivity index (χ2v) is 8.88. The number of halogens is 3. The molecule has 0 radical (unpaired) electrons. The van der Waals surface area contributed by atoms with Gasteiger partial charge in [0.1, 0.15) is 11.2 Å². The maximum absolute atomic E-state index is 13.1. The van der Waals surface area contributed by atoms with Gasteiger partial charge in [-0.25, -0.2) is 4.79 Å². The zero-order chi connectivity index (χ0) is 26.6. The van der Waals surface area contributed by atoms with Crippen LogP contribution in [-0.2, 0) is 33.6 Å². The smallest absolute Gasteiger partial charge is 0.416 e. The summed E-state index contributed by atoms with van der Waals surface area (Å²) in [6.45, 7) is 1.64. The molecule has 0 fully saturated rings. The van der Waals surface area contributed by atoms with Crippen molar-refractivity contribution in [2.75, 3.05) is 13.4 Å². The van der Waals surface area contributed by atoms with Crippen LogP contribution >= 0.6 is 11.3 Å². The number of nitrogens with one attached hydrogen (secondary N) is 1. The predicted molar refractivity (Wildman–Crippen MR) is 128 cm³/mol. The summed E-state index contributed by atoms with van der Waals surface area (Å²) < 4.78 is 55.4. The second-order valence-electron chi connectivity index (χ2n) is 7.82. The zero-order valence-electron chi connectivity index (χ0n) is 19.5. The fourth-order valence-electron chi connectivity index (χ4n) is 3.45. The monoisotopic (exact) mass is 534 g/mol. The van der Waals surface area contributed by atoms with Crippen molar-refractivity contribution in [3.8, 4) is 11.5 Å². The lowest BCUT2D eigenvalue weighted by molar-refractivity contribution is -0.137. The lowest BCUT2D eigenvalue weighted by atomic mass is 10.1. The van der Waals surface area contributed by atoms with E-state index in [1.54, 1.807) is 25.1 Å². The van der Waals surface area contributed by atoms with Crippen molar-refractivity contribution in [3.05, 3.63) is 78.7 Å². The number of thiazole rings is 1. The molecule has 1 aliphatic rings. The second kappa shape index (κ2) is 10.9. The number of esters is 1. The Kier molecular flexibility index (Phi) is 7.67. The van der Waals surface area contributed by atoms with Crippen molar-refractivity contribution in [2.45, 2.75) is 26.2 Å². The Morgan fingerprint density at radius 3 is 2.57 bits per heavy atom. The summed E-state index contributed by atoms with van der Waals surface area (Å²) in [7, 11) is 0. The predicted octanol–water partition coefficient (Wildman–Crippen LogP) is 2.15. The third kappa shape index (κ3) is 6.39. The van der Waals surface area contributed by atoms with E-state index in [0.29, 0.717) is 17.1 Å². The first-order chi connectivity index (χ1) is 17.6. The minimum atomic E-state index is -4.48. The molecule has 1 amide bonds. The van der Waals surface area contributed by atoms with E-state index in [1.165, 1.54) is 18.2 Å². The molecule has 0 unspecified atom stereocenters. The number of hydrogen-bond acceptors (Lipinski definition) is 7. The van der Waals surface area contributed by atoms with E-state index in [9.17, 15) is 27.6 Å². The van der Waals surface area contributed by atoms with Crippen LogP contribution in [0, 0.1) is 0 Å². The van der Waals surface area contributed by atoms with Gasteiger partial charge in [0.25, 0.3) is 5.56 Å². The van der Waals surface area contributed by atoms with Gasteiger partial charge in [0.15, 0.2) is 11.5 Å². The summed E-state index contributed by atoms with van der Waals surface area (Å²) in [5.41, 5.74) is -0.277. The van der Waals surface area contributed by atoms with Crippen LogP contribution < -0.4 is 29.5 Å². The van der Waals surface area contributed by atoms with E-state index in [0.717, 1.165) is 39.7 Å². The minimum absolute atomic E-state index is 0.117. The quantitative estimate of drug-likeness (QED) is 0.467. The summed E-state index contributed by atoms with van der Waals surface area (Å²) in [4.78, 5) is 37.8. The van der Waals surface area contributed by atoms with Crippen molar-refractivity contribution < 1.29 is 37.0 Å². The van der Waals surface area contributed by atoms with Crippen molar-refractivity contribution in [2.24, 2.45) is 0 Å². The highest BCUT2D eigenvalue weighted by Crippen LogP contribution is 2.32. The number of hydrogen-bond donors (Lipinski definition) is 1. The van der Waals surface area contributed by atoms with E-state index < -0.39 is 29.2 Å². The number of amides is 1.